The number of amides is 5. The molecule has 344 valence electrons. The molecule has 1 aromatic heterocycles. The lowest BCUT2D eigenvalue weighted by Gasteiger charge is -2.36. The number of aryl methyl sites for hydroxylation is 1. The zero-order valence-electron chi connectivity index (χ0n) is 37.7. The van der Waals surface area contributed by atoms with Gasteiger partial charge in [0.05, 0.1) is 45.8 Å². The second-order valence-corrected chi connectivity index (χ2v) is 20.0. The number of alkyl carbamates (subject to hydrolysis) is 1. The first-order valence-corrected chi connectivity index (χ1v) is 22.9. The molecule has 3 aromatic rings. The van der Waals surface area contributed by atoms with Gasteiger partial charge in [-0.15, -0.1) is 11.3 Å². The minimum absolute atomic E-state index is 0.0161. The number of benzene rings is 2. The number of ether oxygens (including phenoxy) is 2. The molecule has 0 bridgehead atoms. The number of piperidine rings is 1. The van der Waals surface area contributed by atoms with Crippen LogP contribution in [0.1, 0.15) is 109 Å². The van der Waals surface area contributed by atoms with Gasteiger partial charge in [-0.1, -0.05) is 68.8 Å². The molecule has 5 rings (SSSR count). The summed E-state index contributed by atoms with van der Waals surface area (Å²) >= 11 is 8.47. The van der Waals surface area contributed by atoms with Crippen molar-refractivity contribution >= 4 is 52.7 Å². The summed E-state index contributed by atoms with van der Waals surface area (Å²) in [6.45, 7) is 16.0. The molecule has 0 spiro atoms. The van der Waals surface area contributed by atoms with Crippen LogP contribution in [0.2, 0.25) is 5.02 Å². The van der Waals surface area contributed by atoms with E-state index < -0.39 is 53.2 Å². The summed E-state index contributed by atoms with van der Waals surface area (Å²) in [6, 6.07) is 10.7. The van der Waals surface area contributed by atoms with E-state index in [0.717, 1.165) is 40.1 Å². The van der Waals surface area contributed by atoms with E-state index >= 15 is 0 Å². The number of primary amides is 1. The average Bonchev–Trinajstić information content (AvgIpc) is 3.82. The Labute approximate surface area is 379 Å². The molecule has 17 heteroatoms. The van der Waals surface area contributed by atoms with Crippen LogP contribution in [0.3, 0.4) is 0 Å². The summed E-state index contributed by atoms with van der Waals surface area (Å²) in [6.07, 6.45) is 0.323. The predicted octanol–water partition coefficient (Wildman–Crippen LogP) is 5.86. The van der Waals surface area contributed by atoms with Crippen LogP contribution in [0.4, 0.5) is 4.79 Å². The van der Waals surface area contributed by atoms with Crippen molar-refractivity contribution in [2.75, 3.05) is 32.8 Å². The smallest absolute Gasteiger partial charge is 0.407 e. The Morgan fingerprint density at radius 2 is 1.68 bits per heavy atom. The summed E-state index contributed by atoms with van der Waals surface area (Å²) < 4.78 is 11.5. The van der Waals surface area contributed by atoms with Gasteiger partial charge in [-0.2, -0.15) is 0 Å². The molecule has 15 nitrogen and oxygen atoms in total. The lowest BCUT2D eigenvalue weighted by Crippen LogP contribution is -2.59. The number of hydrogen-bond acceptors (Lipinski definition) is 11. The number of halogens is 1. The Morgan fingerprint density at radius 1 is 1.00 bits per heavy atom. The molecule has 0 saturated carbocycles. The maximum absolute atomic E-state index is 14.2. The van der Waals surface area contributed by atoms with Gasteiger partial charge in [0, 0.05) is 19.4 Å². The normalized spacial score (nSPS) is 18.9. The monoisotopic (exact) mass is 909 g/mol. The zero-order valence-corrected chi connectivity index (χ0v) is 39.2. The highest BCUT2D eigenvalue weighted by atomic mass is 35.5. The maximum atomic E-state index is 14.2. The van der Waals surface area contributed by atoms with Gasteiger partial charge >= 0.3 is 6.09 Å². The quantitative estimate of drug-likeness (QED) is 0.116. The Morgan fingerprint density at radius 3 is 2.29 bits per heavy atom. The van der Waals surface area contributed by atoms with Crippen LogP contribution in [0.25, 0.3) is 10.4 Å². The number of rotatable bonds is 16. The zero-order chi connectivity index (χ0) is 46.2. The molecule has 2 aliphatic rings. The second kappa shape index (κ2) is 21.3. The van der Waals surface area contributed by atoms with Gasteiger partial charge in [0.1, 0.15) is 30.0 Å². The number of nitrogens with two attached hydrogens (primary N) is 1. The van der Waals surface area contributed by atoms with Crippen molar-refractivity contribution in [1.29, 1.82) is 0 Å². The van der Waals surface area contributed by atoms with Crippen LogP contribution in [0.5, 0.6) is 5.75 Å². The number of aromatic nitrogens is 1. The molecule has 0 radical (unpaired) electrons. The Kier molecular flexibility index (Phi) is 16.6. The minimum Gasteiger partial charge on any atom is -0.490 e. The molecule has 2 saturated heterocycles. The first kappa shape index (κ1) is 49.2. The first-order chi connectivity index (χ1) is 29.6. The molecule has 0 aliphatic carbocycles. The largest absolute Gasteiger partial charge is 0.490 e. The minimum atomic E-state index is -0.945. The molecule has 2 aromatic carbocycles. The van der Waals surface area contributed by atoms with Gasteiger partial charge in [-0.25, -0.2) is 9.78 Å². The Hall–Kier alpha value is -4.77. The van der Waals surface area contributed by atoms with E-state index in [1.54, 1.807) is 38.2 Å². The lowest BCUT2D eigenvalue weighted by molar-refractivity contribution is -0.144. The molecular formula is C46H64ClN7O8S. The number of likely N-dealkylation sites (tertiary alicyclic amines) is 2. The van der Waals surface area contributed by atoms with E-state index in [9.17, 15) is 29.1 Å². The number of carbonyl (C=O) groups excluding carboxylic acids is 5. The molecule has 63 heavy (non-hydrogen) atoms. The van der Waals surface area contributed by atoms with E-state index in [0.29, 0.717) is 23.9 Å². The fourth-order valence-corrected chi connectivity index (χ4v) is 9.11. The summed E-state index contributed by atoms with van der Waals surface area (Å²) in [4.78, 5) is 74.5. The second-order valence-electron chi connectivity index (χ2n) is 18.8. The van der Waals surface area contributed by atoms with E-state index in [4.69, 9.17) is 26.8 Å². The van der Waals surface area contributed by atoms with E-state index in [1.807, 2.05) is 81.4 Å². The van der Waals surface area contributed by atoms with Crippen molar-refractivity contribution < 1.29 is 38.6 Å². The lowest BCUT2D eigenvalue weighted by atomic mass is 9.85. The van der Waals surface area contributed by atoms with Crippen LogP contribution in [0, 0.1) is 12.3 Å². The topological polar surface area (TPSA) is 206 Å². The van der Waals surface area contributed by atoms with Gasteiger partial charge in [-0.05, 0) is 101 Å². The predicted molar refractivity (Wildman–Crippen MR) is 243 cm³/mol. The van der Waals surface area contributed by atoms with Gasteiger partial charge in [0.2, 0.25) is 23.6 Å². The van der Waals surface area contributed by atoms with Crippen molar-refractivity contribution in [3.05, 3.63) is 69.8 Å². The van der Waals surface area contributed by atoms with Crippen LogP contribution in [-0.2, 0) is 23.9 Å². The molecule has 5 atom stereocenters. The van der Waals surface area contributed by atoms with E-state index in [1.165, 1.54) is 4.90 Å². The van der Waals surface area contributed by atoms with Gasteiger partial charge in [0.25, 0.3) is 0 Å². The van der Waals surface area contributed by atoms with Crippen LogP contribution >= 0.6 is 22.9 Å². The number of nitrogens with one attached hydrogen (secondary N) is 3. The van der Waals surface area contributed by atoms with Crippen molar-refractivity contribution in [2.24, 2.45) is 11.1 Å². The number of carbonyl (C=O) groups is 5. The summed E-state index contributed by atoms with van der Waals surface area (Å²) in [5.74, 6) is -1.06. The van der Waals surface area contributed by atoms with Crippen molar-refractivity contribution in [2.45, 2.75) is 129 Å². The number of aliphatic hydroxyl groups excluding tert-OH is 1. The highest BCUT2D eigenvalue weighted by Gasteiger charge is 2.45. The third-order valence-corrected chi connectivity index (χ3v) is 12.7. The summed E-state index contributed by atoms with van der Waals surface area (Å²) in [5, 5.41) is 19.9. The van der Waals surface area contributed by atoms with Crippen LogP contribution in [0.15, 0.2) is 48.0 Å². The number of aliphatic hydroxyl groups is 1. The summed E-state index contributed by atoms with van der Waals surface area (Å²) in [7, 11) is 0. The fourth-order valence-electron chi connectivity index (χ4n) is 7.96. The van der Waals surface area contributed by atoms with E-state index in [2.05, 4.69) is 20.9 Å². The van der Waals surface area contributed by atoms with Crippen LogP contribution < -0.4 is 26.4 Å². The highest BCUT2D eigenvalue weighted by Crippen LogP contribution is 2.38. The number of hydrogen-bond donors (Lipinski definition) is 5. The highest BCUT2D eigenvalue weighted by molar-refractivity contribution is 7.13. The number of thiazole rings is 1. The number of β-amino-alcohol motifs (C(OH)–C–C–N with tert-alkyl or cyclic N) is 1. The standard InChI is InChI=1S/C46H64ClN7O8S/c1-27(29-12-14-31(15-13-29)40-28(2)49-26-63-40)50-42(58)35-22-33(55)23-54(35)43(59)41(45(3,4)5)52-38(57)24-53-20-18-30(19-21-53)34-10-9-11-36(39(34)47)61-25-32(16-17-37(48)56)51-44(60)62-46(6,7)8/h9-15,26-27,30,32-33,35,41,55H,16-25H2,1-8H3,(H2,48,56)(H,50,58)(H,51,60)(H,52,57)/t27?,32?,33-,35+,41?/m1/s1. The molecule has 6 N–H and O–H groups in total. The average molecular weight is 911 g/mol. The fraction of sp³-hybridized carbons (Fsp3) is 0.565. The Bertz CT molecular complexity index is 2080. The third kappa shape index (κ3) is 13.9. The van der Waals surface area contributed by atoms with Gasteiger partial charge in [-0.3, -0.25) is 24.1 Å². The third-order valence-electron chi connectivity index (χ3n) is 11.3. The molecular weight excluding hydrogens is 846 g/mol. The van der Waals surface area contributed by atoms with Gasteiger partial charge in [0.15, 0.2) is 0 Å². The molecule has 2 fully saturated rings. The molecule has 3 unspecified atom stereocenters. The Balaban J connectivity index is 1.15. The molecule has 3 heterocycles. The maximum Gasteiger partial charge on any atom is 0.407 e. The van der Waals surface area contributed by atoms with E-state index in [-0.39, 0.29) is 62.7 Å². The van der Waals surface area contributed by atoms with Gasteiger partial charge < -0.3 is 41.2 Å². The molecule has 2 aliphatic heterocycles. The first-order valence-electron chi connectivity index (χ1n) is 21.6. The van der Waals surface area contributed by atoms with Crippen molar-refractivity contribution in [1.82, 2.24) is 30.7 Å². The van der Waals surface area contributed by atoms with Crippen molar-refractivity contribution in [3.63, 3.8) is 0 Å². The van der Waals surface area contributed by atoms with Crippen LogP contribution in [-0.4, -0.2) is 112 Å². The van der Waals surface area contributed by atoms with Crippen molar-refractivity contribution in [3.8, 4) is 16.2 Å². The summed E-state index contributed by atoms with van der Waals surface area (Å²) in [5.41, 5.74) is 9.59. The molecule has 5 amide bonds. The SMILES string of the molecule is Cc1ncsc1-c1ccc(C(C)NC(=O)[C@@H]2C[C@@H](O)CN2C(=O)C(NC(=O)CN2CCC(c3cccc(OCC(CCC(N)=O)NC(=O)OC(C)(C)C)c3Cl)CC2)C(C)(C)C)cc1. The number of nitrogens with zero attached hydrogens (tertiary/aromatic N) is 3.